The van der Waals surface area contributed by atoms with Crippen molar-refractivity contribution in [2.24, 2.45) is 0 Å². The first kappa shape index (κ1) is 15.6. The summed E-state index contributed by atoms with van der Waals surface area (Å²) in [5, 5.41) is 2.79. The fraction of sp³-hybridized carbons (Fsp3) is 0.294. The summed E-state index contributed by atoms with van der Waals surface area (Å²) in [6, 6.07) is 4.84. The van der Waals surface area contributed by atoms with Gasteiger partial charge in [-0.1, -0.05) is 0 Å². The Balaban J connectivity index is 1.74. The number of carbonyl (C=O) groups excluding carboxylic acids is 1. The van der Waals surface area contributed by atoms with E-state index in [4.69, 9.17) is 4.74 Å². The van der Waals surface area contributed by atoms with Gasteiger partial charge in [0.05, 0.1) is 11.7 Å². The molecule has 1 aromatic heterocycles. The summed E-state index contributed by atoms with van der Waals surface area (Å²) in [6.07, 6.45) is 4.83. The van der Waals surface area contributed by atoms with Crippen LogP contribution in [0.3, 0.4) is 0 Å². The number of nitrogens with one attached hydrogen (secondary N) is 1. The Kier molecular flexibility index (Phi) is 4.62. The summed E-state index contributed by atoms with van der Waals surface area (Å²) in [7, 11) is 0. The first-order valence-electron chi connectivity index (χ1n) is 7.44. The number of rotatable bonds is 4. The lowest BCUT2D eigenvalue weighted by Gasteiger charge is -2.11. The molecular weight excluding hydrogens is 302 g/mol. The minimum Gasteiger partial charge on any atom is -0.376 e. The van der Waals surface area contributed by atoms with E-state index in [1.54, 1.807) is 0 Å². The van der Waals surface area contributed by atoms with Gasteiger partial charge in [-0.15, -0.1) is 0 Å². The highest BCUT2D eigenvalue weighted by atomic mass is 19.1. The predicted octanol–water partition coefficient (Wildman–Crippen LogP) is 2.94. The number of ether oxygens (including phenoxy) is 1. The number of hydrogen-bond acceptors (Lipinski definition) is 3. The van der Waals surface area contributed by atoms with Crippen molar-refractivity contribution in [1.82, 2.24) is 10.3 Å². The lowest BCUT2D eigenvalue weighted by molar-refractivity contribution is 0.0857. The molecule has 3 rings (SSSR count). The van der Waals surface area contributed by atoms with Gasteiger partial charge in [-0.2, -0.15) is 0 Å². The summed E-state index contributed by atoms with van der Waals surface area (Å²) in [6.45, 7) is 1.16. The molecule has 1 amide bonds. The highest BCUT2D eigenvalue weighted by molar-refractivity contribution is 5.95. The van der Waals surface area contributed by atoms with Crippen LogP contribution in [0.5, 0.6) is 0 Å². The van der Waals surface area contributed by atoms with E-state index in [2.05, 4.69) is 10.3 Å². The topological polar surface area (TPSA) is 51.2 Å². The molecule has 1 unspecified atom stereocenters. The molecule has 120 valence electrons. The summed E-state index contributed by atoms with van der Waals surface area (Å²) in [5.41, 5.74) is 0.948. The molecule has 1 N–H and O–H groups in total. The smallest absolute Gasteiger partial charge is 0.252 e. The number of amides is 1. The normalized spacial score (nSPS) is 17.2. The van der Waals surface area contributed by atoms with Crippen molar-refractivity contribution in [3.8, 4) is 11.1 Å². The van der Waals surface area contributed by atoms with Crippen LogP contribution in [0.4, 0.5) is 8.78 Å². The van der Waals surface area contributed by atoms with E-state index >= 15 is 0 Å². The molecule has 23 heavy (non-hydrogen) atoms. The van der Waals surface area contributed by atoms with E-state index in [-0.39, 0.29) is 17.6 Å². The largest absolute Gasteiger partial charge is 0.376 e. The molecule has 2 aromatic rings. The zero-order valence-electron chi connectivity index (χ0n) is 12.4. The van der Waals surface area contributed by atoms with E-state index in [0.29, 0.717) is 17.7 Å². The molecule has 6 heteroatoms. The maximum Gasteiger partial charge on any atom is 0.252 e. The van der Waals surface area contributed by atoms with Crippen LogP contribution in [0.15, 0.2) is 36.7 Å². The third kappa shape index (κ3) is 3.71. The van der Waals surface area contributed by atoms with Crippen LogP contribution in [-0.2, 0) is 4.74 Å². The number of nitrogens with zero attached hydrogens (tertiary/aromatic N) is 1. The molecule has 0 bridgehead atoms. The van der Waals surface area contributed by atoms with Crippen LogP contribution in [-0.4, -0.2) is 30.1 Å². The lowest BCUT2D eigenvalue weighted by atomic mass is 10.1. The summed E-state index contributed by atoms with van der Waals surface area (Å²) in [5.74, 6) is -1.63. The number of halogens is 2. The van der Waals surface area contributed by atoms with Crippen molar-refractivity contribution < 1.29 is 18.3 Å². The zero-order valence-corrected chi connectivity index (χ0v) is 12.4. The molecule has 1 aromatic carbocycles. The number of carbonyl (C=O) groups is 1. The van der Waals surface area contributed by atoms with Gasteiger partial charge in [-0.25, -0.2) is 8.78 Å². The quantitative estimate of drug-likeness (QED) is 0.943. The van der Waals surface area contributed by atoms with Crippen LogP contribution in [0.2, 0.25) is 0 Å². The fourth-order valence-corrected chi connectivity index (χ4v) is 2.55. The molecule has 1 aliphatic heterocycles. The molecule has 1 aliphatic rings. The molecule has 0 aliphatic carbocycles. The third-order valence-electron chi connectivity index (χ3n) is 3.76. The Labute approximate surface area is 132 Å². The average Bonchev–Trinajstić information content (AvgIpc) is 3.06. The molecule has 1 atom stereocenters. The van der Waals surface area contributed by atoms with Gasteiger partial charge in [0.2, 0.25) is 0 Å². The fourth-order valence-electron chi connectivity index (χ4n) is 2.55. The van der Waals surface area contributed by atoms with Crippen molar-refractivity contribution in [2.75, 3.05) is 13.2 Å². The van der Waals surface area contributed by atoms with Crippen LogP contribution in [0, 0.1) is 11.6 Å². The van der Waals surface area contributed by atoms with E-state index in [9.17, 15) is 13.6 Å². The van der Waals surface area contributed by atoms with Crippen LogP contribution < -0.4 is 5.32 Å². The van der Waals surface area contributed by atoms with Crippen molar-refractivity contribution in [3.05, 3.63) is 53.9 Å². The van der Waals surface area contributed by atoms with Gasteiger partial charge in [-0.05, 0) is 31.0 Å². The second kappa shape index (κ2) is 6.83. The maximum atomic E-state index is 13.8. The molecule has 2 heterocycles. The predicted molar refractivity (Wildman–Crippen MR) is 80.9 cm³/mol. The number of aromatic nitrogens is 1. The van der Waals surface area contributed by atoms with Gasteiger partial charge in [0, 0.05) is 42.7 Å². The zero-order chi connectivity index (χ0) is 16.2. The van der Waals surface area contributed by atoms with E-state index < -0.39 is 11.6 Å². The standard InChI is InChI=1S/C17H16F2N2O2/c18-13-3-4-15(16(19)7-13)11-6-12(9-20-8-11)17(22)21-10-14-2-1-5-23-14/h3-4,6-9,14H,1-2,5,10H2,(H,21,22). The van der Waals surface area contributed by atoms with Crippen molar-refractivity contribution in [2.45, 2.75) is 18.9 Å². The minimum atomic E-state index is -0.691. The van der Waals surface area contributed by atoms with Gasteiger partial charge in [0.15, 0.2) is 0 Å². The van der Waals surface area contributed by atoms with Crippen LogP contribution in [0.25, 0.3) is 11.1 Å². The minimum absolute atomic E-state index is 0.0460. The number of hydrogen-bond donors (Lipinski definition) is 1. The highest BCUT2D eigenvalue weighted by Crippen LogP contribution is 2.23. The van der Waals surface area contributed by atoms with E-state index in [0.717, 1.165) is 25.5 Å². The number of benzene rings is 1. The Hall–Kier alpha value is -2.34. The van der Waals surface area contributed by atoms with E-state index in [1.807, 2.05) is 0 Å². The molecule has 1 fully saturated rings. The average molecular weight is 318 g/mol. The Morgan fingerprint density at radius 2 is 2.17 bits per heavy atom. The van der Waals surface area contributed by atoms with Crippen molar-refractivity contribution in [1.29, 1.82) is 0 Å². The molecular formula is C17H16F2N2O2. The molecule has 0 spiro atoms. The second-order valence-electron chi connectivity index (χ2n) is 5.43. The number of pyridine rings is 1. The van der Waals surface area contributed by atoms with Gasteiger partial charge in [-0.3, -0.25) is 9.78 Å². The Bertz CT molecular complexity index is 715. The molecule has 0 radical (unpaired) electrons. The third-order valence-corrected chi connectivity index (χ3v) is 3.76. The Morgan fingerprint density at radius 1 is 1.30 bits per heavy atom. The van der Waals surface area contributed by atoms with Crippen LogP contribution >= 0.6 is 0 Å². The SMILES string of the molecule is O=C(NCC1CCCO1)c1cncc(-c2ccc(F)cc2F)c1. The molecule has 0 saturated carbocycles. The van der Waals surface area contributed by atoms with Crippen LogP contribution in [0.1, 0.15) is 23.2 Å². The van der Waals surface area contributed by atoms with Gasteiger partial charge in [0.25, 0.3) is 5.91 Å². The monoisotopic (exact) mass is 318 g/mol. The van der Waals surface area contributed by atoms with Gasteiger partial charge >= 0.3 is 0 Å². The van der Waals surface area contributed by atoms with E-state index in [1.165, 1.54) is 30.6 Å². The second-order valence-corrected chi connectivity index (χ2v) is 5.43. The summed E-state index contributed by atoms with van der Waals surface area (Å²) < 4.78 is 32.3. The molecule has 1 saturated heterocycles. The highest BCUT2D eigenvalue weighted by Gasteiger charge is 2.17. The summed E-state index contributed by atoms with van der Waals surface area (Å²) >= 11 is 0. The molecule has 4 nitrogen and oxygen atoms in total. The lowest BCUT2D eigenvalue weighted by Crippen LogP contribution is -2.31. The first-order chi connectivity index (χ1) is 11.1. The van der Waals surface area contributed by atoms with Gasteiger partial charge < -0.3 is 10.1 Å². The Morgan fingerprint density at radius 3 is 2.91 bits per heavy atom. The summed E-state index contributed by atoms with van der Waals surface area (Å²) in [4.78, 5) is 16.1. The first-order valence-corrected chi connectivity index (χ1v) is 7.44. The van der Waals surface area contributed by atoms with Gasteiger partial charge in [0.1, 0.15) is 11.6 Å². The maximum absolute atomic E-state index is 13.8. The van der Waals surface area contributed by atoms with Crippen molar-refractivity contribution in [3.63, 3.8) is 0 Å². The van der Waals surface area contributed by atoms with Crippen molar-refractivity contribution >= 4 is 5.91 Å².